The zero-order valence-electron chi connectivity index (χ0n) is 25.1. The number of benzene rings is 3. The summed E-state index contributed by atoms with van der Waals surface area (Å²) in [6, 6.07) is 28.6. The second kappa shape index (κ2) is 17.4. The Morgan fingerprint density at radius 3 is 2.04 bits per heavy atom. The minimum atomic E-state index is -2.24. The van der Waals surface area contributed by atoms with Gasteiger partial charge in [0.15, 0.2) is 12.2 Å². The average Bonchev–Trinajstić information content (AvgIpc) is 3.03. The van der Waals surface area contributed by atoms with E-state index in [4.69, 9.17) is 68.6 Å². The van der Waals surface area contributed by atoms with Gasteiger partial charge in [-0.05, 0) is 23.3 Å². The highest BCUT2D eigenvalue weighted by molar-refractivity contribution is 7.99. The molecule has 1 heterocycles. The predicted molar refractivity (Wildman–Crippen MR) is 176 cm³/mol. The average molecular weight is 711 g/mol. The van der Waals surface area contributed by atoms with Gasteiger partial charge in [0.05, 0.1) is 12.7 Å². The second-order valence-corrected chi connectivity index (χ2v) is 13.6. The molecule has 3 aromatic rings. The molecule has 0 aromatic heterocycles. The van der Waals surface area contributed by atoms with Crippen LogP contribution in [0, 0.1) is 5.41 Å². The highest BCUT2D eigenvalue weighted by Crippen LogP contribution is 2.37. The third kappa shape index (κ3) is 10.9. The van der Waals surface area contributed by atoms with Gasteiger partial charge in [-0.1, -0.05) is 114 Å². The Bertz CT molecular complexity index is 1410. The van der Waals surface area contributed by atoms with Gasteiger partial charge in [0, 0.05) is 24.5 Å². The number of halogens is 3. The van der Waals surface area contributed by atoms with Gasteiger partial charge >= 0.3 is 11.9 Å². The first-order valence-electron chi connectivity index (χ1n) is 14.3. The molecule has 46 heavy (non-hydrogen) atoms. The molecule has 1 fully saturated rings. The standard InChI is InChI=1S/C33H34Cl3NO8S/c1-21(38)40-19-26-28(41-18-23-12-6-3-7-13-23)29(42-22(2)39)30(31(44-26)45-32(37)33(34,35)36)43-27(24-14-8-4-9-15-24)20-46-25-16-10-5-11-17-25/h3-17,26-31,37H,18-20H2,1-2H3/t26?,27-,28?,29?,30?,31?/m1/s1. The molecule has 246 valence electrons. The van der Waals surface area contributed by atoms with E-state index in [-0.39, 0.29) is 13.2 Å². The molecular formula is C33H34Cl3NO8S. The van der Waals surface area contributed by atoms with Crippen molar-refractivity contribution >= 4 is 64.4 Å². The lowest BCUT2D eigenvalue weighted by Crippen LogP contribution is -2.63. The summed E-state index contributed by atoms with van der Waals surface area (Å²) in [5.74, 6) is -1.51. The van der Waals surface area contributed by atoms with E-state index in [1.165, 1.54) is 13.8 Å². The van der Waals surface area contributed by atoms with E-state index in [0.29, 0.717) is 5.75 Å². The number of esters is 2. The maximum absolute atomic E-state index is 12.6. The number of carbonyl (C=O) groups excluding carboxylic acids is 2. The van der Waals surface area contributed by atoms with E-state index in [9.17, 15) is 9.59 Å². The largest absolute Gasteiger partial charge is 0.463 e. The Kier molecular flexibility index (Phi) is 13.6. The maximum Gasteiger partial charge on any atom is 0.303 e. The molecule has 0 amide bonds. The summed E-state index contributed by atoms with van der Waals surface area (Å²) in [5, 5.41) is 8.31. The van der Waals surface area contributed by atoms with Crippen LogP contribution in [-0.2, 0) is 44.6 Å². The van der Waals surface area contributed by atoms with Crippen molar-refractivity contribution in [3.05, 3.63) is 102 Å². The maximum atomic E-state index is 12.6. The van der Waals surface area contributed by atoms with E-state index < -0.39 is 58.4 Å². The summed E-state index contributed by atoms with van der Waals surface area (Å²) in [7, 11) is 0. The molecule has 1 aliphatic rings. The van der Waals surface area contributed by atoms with E-state index in [1.807, 2.05) is 91.0 Å². The quantitative estimate of drug-likeness (QED) is 0.0654. The third-order valence-corrected chi connectivity index (χ3v) is 8.35. The van der Waals surface area contributed by atoms with Crippen molar-refractivity contribution in [2.45, 2.75) is 66.0 Å². The Hall–Kier alpha value is -2.83. The van der Waals surface area contributed by atoms with Crippen molar-refractivity contribution in [3.8, 4) is 0 Å². The third-order valence-electron chi connectivity index (χ3n) is 6.76. The molecule has 1 saturated heterocycles. The lowest BCUT2D eigenvalue weighted by molar-refractivity contribution is -0.309. The number of hydrogen-bond acceptors (Lipinski definition) is 10. The lowest BCUT2D eigenvalue weighted by atomic mass is 9.97. The van der Waals surface area contributed by atoms with Crippen LogP contribution in [0.2, 0.25) is 0 Å². The molecule has 3 aromatic carbocycles. The topological polar surface area (TPSA) is 113 Å². The van der Waals surface area contributed by atoms with Crippen LogP contribution in [0.5, 0.6) is 0 Å². The number of thioether (sulfide) groups is 1. The van der Waals surface area contributed by atoms with Crippen molar-refractivity contribution in [2.24, 2.45) is 0 Å². The van der Waals surface area contributed by atoms with Crippen LogP contribution in [0.25, 0.3) is 0 Å². The molecule has 9 nitrogen and oxygen atoms in total. The predicted octanol–water partition coefficient (Wildman–Crippen LogP) is 7.07. The SMILES string of the molecule is CC(=O)OCC1OC(OC(=N)C(Cl)(Cl)Cl)C(O[C@H](CSc2ccccc2)c2ccccc2)C(OC(C)=O)C1OCc1ccccc1. The molecule has 0 saturated carbocycles. The van der Waals surface area contributed by atoms with E-state index in [2.05, 4.69) is 0 Å². The molecule has 5 unspecified atom stereocenters. The van der Waals surface area contributed by atoms with E-state index >= 15 is 0 Å². The molecule has 0 bridgehead atoms. The highest BCUT2D eigenvalue weighted by Gasteiger charge is 2.53. The monoisotopic (exact) mass is 709 g/mol. The van der Waals surface area contributed by atoms with Crippen LogP contribution in [0.4, 0.5) is 0 Å². The zero-order valence-corrected chi connectivity index (χ0v) is 28.1. The summed E-state index contributed by atoms with van der Waals surface area (Å²) in [6.07, 6.45) is -6.44. The number of carbonyl (C=O) groups is 2. The van der Waals surface area contributed by atoms with Crippen molar-refractivity contribution in [1.29, 1.82) is 5.41 Å². The molecule has 0 aliphatic carbocycles. The van der Waals surface area contributed by atoms with E-state index in [0.717, 1.165) is 16.0 Å². The van der Waals surface area contributed by atoms with Crippen LogP contribution in [0.1, 0.15) is 31.1 Å². The minimum absolute atomic E-state index is 0.109. The molecule has 6 atom stereocenters. The molecule has 1 aliphatic heterocycles. The van der Waals surface area contributed by atoms with Crippen molar-refractivity contribution in [2.75, 3.05) is 12.4 Å². The van der Waals surface area contributed by atoms with Gasteiger partial charge in [-0.25, -0.2) is 0 Å². The summed E-state index contributed by atoms with van der Waals surface area (Å²) in [5.41, 5.74) is 1.66. The number of hydrogen-bond donors (Lipinski definition) is 1. The normalized spacial score (nSPS) is 22.0. The molecule has 1 N–H and O–H groups in total. The van der Waals surface area contributed by atoms with Crippen molar-refractivity contribution in [1.82, 2.24) is 0 Å². The summed E-state index contributed by atoms with van der Waals surface area (Å²) < 4.78 is 34.0. The van der Waals surface area contributed by atoms with Crippen LogP contribution in [0.15, 0.2) is 95.9 Å². The summed E-state index contributed by atoms with van der Waals surface area (Å²) in [4.78, 5) is 25.4. The van der Waals surface area contributed by atoms with Crippen LogP contribution >= 0.6 is 46.6 Å². The molecule has 13 heteroatoms. The zero-order chi connectivity index (χ0) is 33.1. The summed E-state index contributed by atoms with van der Waals surface area (Å²) in [6.45, 7) is 2.32. The Labute approximate surface area is 287 Å². The Morgan fingerprint density at radius 2 is 1.46 bits per heavy atom. The lowest BCUT2D eigenvalue weighted by Gasteiger charge is -2.46. The van der Waals surface area contributed by atoms with Gasteiger partial charge in [0.1, 0.15) is 18.8 Å². The fourth-order valence-corrected chi connectivity index (χ4v) is 5.79. The molecule has 0 radical (unpaired) electrons. The molecule has 4 rings (SSSR count). The van der Waals surface area contributed by atoms with Crippen LogP contribution < -0.4 is 0 Å². The van der Waals surface area contributed by atoms with Gasteiger partial charge in [0.25, 0.3) is 3.79 Å². The van der Waals surface area contributed by atoms with E-state index in [1.54, 1.807) is 11.8 Å². The smallest absolute Gasteiger partial charge is 0.303 e. The first-order valence-corrected chi connectivity index (χ1v) is 16.5. The number of rotatable bonds is 13. The minimum Gasteiger partial charge on any atom is -0.463 e. The van der Waals surface area contributed by atoms with Crippen LogP contribution in [0.3, 0.4) is 0 Å². The van der Waals surface area contributed by atoms with Gasteiger partial charge in [-0.15, -0.1) is 11.8 Å². The van der Waals surface area contributed by atoms with Gasteiger partial charge in [-0.2, -0.15) is 0 Å². The van der Waals surface area contributed by atoms with Crippen molar-refractivity contribution < 1.29 is 38.0 Å². The Morgan fingerprint density at radius 1 is 0.848 bits per heavy atom. The fraction of sp³-hybridized carbons (Fsp3) is 0.364. The number of ether oxygens (including phenoxy) is 6. The van der Waals surface area contributed by atoms with Gasteiger partial charge in [-0.3, -0.25) is 15.0 Å². The second-order valence-electron chi connectivity index (χ2n) is 10.2. The number of nitrogens with one attached hydrogen (secondary N) is 1. The highest BCUT2D eigenvalue weighted by atomic mass is 35.6. The van der Waals surface area contributed by atoms with Gasteiger partial charge in [0.2, 0.25) is 12.2 Å². The van der Waals surface area contributed by atoms with Gasteiger partial charge < -0.3 is 28.4 Å². The Balaban J connectivity index is 1.74. The first-order chi connectivity index (χ1) is 22.0. The van der Waals surface area contributed by atoms with Crippen LogP contribution in [-0.4, -0.2) is 64.7 Å². The fourth-order valence-electron chi connectivity index (χ4n) is 4.69. The first kappa shape index (κ1) is 36.0. The molecule has 0 spiro atoms. The van der Waals surface area contributed by atoms with Crippen molar-refractivity contribution in [3.63, 3.8) is 0 Å². The number of alkyl halides is 3. The molecular weight excluding hydrogens is 677 g/mol. The summed E-state index contributed by atoms with van der Waals surface area (Å²) >= 11 is 19.5.